The van der Waals surface area contributed by atoms with Crippen molar-refractivity contribution in [2.45, 2.75) is 19.3 Å². The molecule has 0 saturated carbocycles. The number of ether oxygens (including phenoxy) is 3. The molecule has 1 aromatic carbocycles. The molecule has 0 radical (unpaired) electrons. The highest BCUT2D eigenvalue weighted by Crippen LogP contribution is 2.40. The minimum atomic E-state index is -0.837. The molecule has 0 saturated heterocycles. The molecule has 0 spiro atoms. The Bertz CT molecular complexity index is 402. The Morgan fingerprint density at radius 3 is 2.00 bits per heavy atom. The number of rotatable bonds is 6. The Kier molecular flexibility index (Phi) is 4.83. The Morgan fingerprint density at radius 1 is 1.17 bits per heavy atom. The van der Waals surface area contributed by atoms with Gasteiger partial charge in [0.25, 0.3) is 0 Å². The molecule has 100 valence electrons. The van der Waals surface area contributed by atoms with E-state index in [0.29, 0.717) is 17.2 Å². The smallest absolute Gasteiger partial charge is 0.303 e. The second kappa shape index (κ2) is 6.14. The maximum absolute atomic E-state index is 10.7. The topological polar surface area (TPSA) is 65.0 Å². The van der Waals surface area contributed by atoms with Gasteiger partial charge in [-0.25, -0.2) is 0 Å². The molecule has 1 atom stereocenters. The van der Waals surface area contributed by atoms with Crippen molar-refractivity contribution in [1.29, 1.82) is 0 Å². The van der Waals surface area contributed by atoms with Crippen LogP contribution in [0.3, 0.4) is 0 Å². The van der Waals surface area contributed by atoms with E-state index in [2.05, 4.69) is 0 Å². The average Bonchev–Trinajstić information content (AvgIpc) is 2.35. The van der Waals surface area contributed by atoms with E-state index in [9.17, 15) is 4.79 Å². The summed E-state index contributed by atoms with van der Waals surface area (Å²) in [6.07, 6.45) is 0.0542. The number of hydrogen-bond donors (Lipinski definition) is 1. The number of hydrogen-bond acceptors (Lipinski definition) is 4. The predicted molar refractivity (Wildman–Crippen MR) is 66.8 cm³/mol. The number of carbonyl (C=O) groups is 1. The maximum Gasteiger partial charge on any atom is 0.303 e. The number of carboxylic acids is 1. The van der Waals surface area contributed by atoms with E-state index in [-0.39, 0.29) is 12.3 Å². The van der Waals surface area contributed by atoms with Crippen LogP contribution in [-0.2, 0) is 4.79 Å². The van der Waals surface area contributed by atoms with Gasteiger partial charge in [0.15, 0.2) is 11.5 Å². The molecular formula is C13H18O5. The van der Waals surface area contributed by atoms with E-state index in [0.717, 1.165) is 5.56 Å². The monoisotopic (exact) mass is 254 g/mol. The van der Waals surface area contributed by atoms with Crippen LogP contribution in [-0.4, -0.2) is 32.4 Å². The van der Waals surface area contributed by atoms with E-state index < -0.39 is 5.97 Å². The zero-order chi connectivity index (χ0) is 13.7. The number of carboxylic acid groups (broad SMARTS) is 1. The summed E-state index contributed by atoms with van der Waals surface area (Å²) in [7, 11) is 4.59. The molecule has 1 N–H and O–H groups in total. The van der Waals surface area contributed by atoms with Crippen molar-refractivity contribution in [3.05, 3.63) is 17.7 Å². The SMILES string of the molecule is COc1cc(C(C)CC(=O)O)cc(OC)c1OC. The fourth-order valence-corrected chi connectivity index (χ4v) is 1.77. The summed E-state index contributed by atoms with van der Waals surface area (Å²) in [5.41, 5.74) is 0.840. The van der Waals surface area contributed by atoms with Crippen molar-refractivity contribution in [2.24, 2.45) is 0 Å². The van der Waals surface area contributed by atoms with E-state index in [4.69, 9.17) is 19.3 Å². The molecule has 0 aliphatic heterocycles. The van der Waals surface area contributed by atoms with Gasteiger partial charge in [0.1, 0.15) is 0 Å². The molecular weight excluding hydrogens is 236 g/mol. The lowest BCUT2D eigenvalue weighted by molar-refractivity contribution is -0.137. The summed E-state index contributed by atoms with van der Waals surface area (Å²) in [5, 5.41) is 8.81. The third-order valence-corrected chi connectivity index (χ3v) is 2.74. The van der Waals surface area contributed by atoms with Crippen LogP contribution >= 0.6 is 0 Å². The summed E-state index contributed by atoms with van der Waals surface area (Å²) in [6, 6.07) is 3.55. The minimum absolute atomic E-state index is 0.0542. The molecule has 0 aliphatic carbocycles. The zero-order valence-corrected chi connectivity index (χ0v) is 11.0. The highest BCUT2D eigenvalue weighted by molar-refractivity contribution is 5.68. The number of benzene rings is 1. The first-order valence-corrected chi connectivity index (χ1v) is 5.55. The van der Waals surface area contributed by atoms with Crippen molar-refractivity contribution in [3.63, 3.8) is 0 Å². The van der Waals surface area contributed by atoms with E-state index in [1.165, 1.54) is 21.3 Å². The second-order valence-corrected chi connectivity index (χ2v) is 3.96. The van der Waals surface area contributed by atoms with Gasteiger partial charge >= 0.3 is 5.97 Å². The quantitative estimate of drug-likeness (QED) is 0.843. The third kappa shape index (κ3) is 3.06. The van der Waals surface area contributed by atoms with Gasteiger partial charge in [-0.2, -0.15) is 0 Å². The third-order valence-electron chi connectivity index (χ3n) is 2.74. The summed E-state index contributed by atoms with van der Waals surface area (Å²) < 4.78 is 15.7. The molecule has 0 aromatic heterocycles. The molecule has 18 heavy (non-hydrogen) atoms. The van der Waals surface area contributed by atoms with E-state index in [1.807, 2.05) is 6.92 Å². The van der Waals surface area contributed by atoms with Gasteiger partial charge < -0.3 is 19.3 Å². The van der Waals surface area contributed by atoms with E-state index in [1.54, 1.807) is 12.1 Å². The first kappa shape index (κ1) is 14.2. The van der Waals surface area contributed by atoms with Crippen LogP contribution in [0, 0.1) is 0 Å². The average molecular weight is 254 g/mol. The number of aliphatic carboxylic acids is 1. The lowest BCUT2D eigenvalue weighted by Gasteiger charge is -2.16. The summed E-state index contributed by atoms with van der Waals surface area (Å²) in [5.74, 6) is 0.604. The van der Waals surface area contributed by atoms with Gasteiger partial charge in [-0.15, -0.1) is 0 Å². The fourth-order valence-electron chi connectivity index (χ4n) is 1.77. The molecule has 0 bridgehead atoms. The molecule has 5 nitrogen and oxygen atoms in total. The minimum Gasteiger partial charge on any atom is -0.493 e. The first-order chi connectivity index (χ1) is 8.53. The van der Waals surface area contributed by atoms with Crippen LogP contribution in [0.5, 0.6) is 17.2 Å². The molecule has 0 amide bonds. The molecule has 1 unspecified atom stereocenters. The Balaban J connectivity index is 3.18. The highest BCUT2D eigenvalue weighted by Gasteiger charge is 2.17. The molecule has 5 heteroatoms. The van der Waals surface area contributed by atoms with Gasteiger partial charge in [0.05, 0.1) is 27.8 Å². The van der Waals surface area contributed by atoms with Gasteiger partial charge in [0, 0.05) is 0 Å². The molecule has 1 rings (SSSR count). The van der Waals surface area contributed by atoms with Gasteiger partial charge in [-0.05, 0) is 23.6 Å². The maximum atomic E-state index is 10.7. The molecule has 0 aliphatic rings. The lowest BCUT2D eigenvalue weighted by Crippen LogP contribution is -2.04. The van der Waals surface area contributed by atoms with Crippen LogP contribution in [0.2, 0.25) is 0 Å². The van der Waals surface area contributed by atoms with Crippen LogP contribution in [0.1, 0.15) is 24.8 Å². The van der Waals surface area contributed by atoms with Crippen molar-refractivity contribution in [1.82, 2.24) is 0 Å². The molecule has 1 aromatic rings. The molecule has 0 heterocycles. The predicted octanol–water partition coefficient (Wildman–Crippen LogP) is 2.29. The van der Waals surface area contributed by atoms with Crippen molar-refractivity contribution < 1.29 is 24.1 Å². The van der Waals surface area contributed by atoms with Crippen molar-refractivity contribution in [2.75, 3.05) is 21.3 Å². The van der Waals surface area contributed by atoms with Gasteiger partial charge in [-0.3, -0.25) is 4.79 Å². The molecule has 0 fully saturated rings. The Hall–Kier alpha value is -1.91. The fraction of sp³-hybridized carbons (Fsp3) is 0.462. The Morgan fingerprint density at radius 2 is 1.67 bits per heavy atom. The second-order valence-electron chi connectivity index (χ2n) is 3.96. The van der Waals surface area contributed by atoms with E-state index >= 15 is 0 Å². The first-order valence-electron chi connectivity index (χ1n) is 5.55. The largest absolute Gasteiger partial charge is 0.493 e. The zero-order valence-electron chi connectivity index (χ0n) is 11.0. The van der Waals surface area contributed by atoms with Crippen LogP contribution in [0.25, 0.3) is 0 Å². The van der Waals surface area contributed by atoms with Crippen LogP contribution in [0.4, 0.5) is 0 Å². The summed E-state index contributed by atoms with van der Waals surface area (Å²) >= 11 is 0. The van der Waals surface area contributed by atoms with Crippen LogP contribution in [0.15, 0.2) is 12.1 Å². The Labute approximate surface area is 106 Å². The lowest BCUT2D eigenvalue weighted by atomic mass is 9.97. The van der Waals surface area contributed by atoms with Gasteiger partial charge in [-0.1, -0.05) is 6.92 Å². The van der Waals surface area contributed by atoms with Crippen molar-refractivity contribution >= 4 is 5.97 Å². The van der Waals surface area contributed by atoms with Gasteiger partial charge in [0.2, 0.25) is 5.75 Å². The normalized spacial score (nSPS) is 11.8. The standard InChI is InChI=1S/C13H18O5/c1-8(5-12(14)15)9-6-10(16-2)13(18-4)11(7-9)17-3/h6-8H,5H2,1-4H3,(H,14,15). The van der Waals surface area contributed by atoms with Crippen LogP contribution < -0.4 is 14.2 Å². The highest BCUT2D eigenvalue weighted by atomic mass is 16.5. The van der Waals surface area contributed by atoms with Crippen molar-refractivity contribution in [3.8, 4) is 17.2 Å². The number of methoxy groups -OCH3 is 3. The summed E-state index contributed by atoms with van der Waals surface area (Å²) in [6.45, 7) is 1.84. The summed E-state index contributed by atoms with van der Waals surface area (Å²) in [4.78, 5) is 10.7.